The Morgan fingerprint density at radius 3 is 2.59 bits per heavy atom. The fraction of sp³-hybridized carbons (Fsp3) is 0.286. The second kappa shape index (κ2) is 8.60. The zero-order chi connectivity index (χ0) is 19.2. The first-order valence-corrected chi connectivity index (χ1v) is 8.97. The van der Waals surface area contributed by atoms with Crippen LogP contribution < -0.4 is 5.32 Å². The Bertz CT molecular complexity index is 916. The lowest BCUT2D eigenvalue weighted by Crippen LogP contribution is -2.26. The highest BCUT2D eigenvalue weighted by atomic mass is 16.5. The maximum Gasteiger partial charge on any atom is 0.290 e. The number of amides is 1. The molecule has 0 aliphatic heterocycles. The first-order valence-electron chi connectivity index (χ1n) is 8.97. The summed E-state index contributed by atoms with van der Waals surface area (Å²) in [7, 11) is 1.64. The molecule has 0 atom stereocenters. The minimum Gasteiger partial charge on any atom is -0.385 e. The van der Waals surface area contributed by atoms with E-state index in [1.54, 1.807) is 11.8 Å². The minimum absolute atomic E-state index is 0.157. The fourth-order valence-electron chi connectivity index (χ4n) is 2.73. The average molecular weight is 364 g/mol. The van der Waals surface area contributed by atoms with Crippen molar-refractivity contribution in [2.75, 3.05) is 20.3 Å². The Labute approximate surface area is 159 Å². The van der Waals surface area contributed by atoms with Crippen LogP contribution in [0.1, 0.15) is 28.2 Å². The van der Waals surface area contributed by atoms with Crippen molar-refractivity contribution in [3.05, 3.63) is 65.5 Å². The van der Waals surface area contributed by atoms with Crippen LogP contribution in [0.15, 0.2) is 48.5 Å². The van der Waals surface area contributed by atoms with Crippen LogP contribution in [-0.2, 0) is 4.74 Å². The molecule has 0 saturated heterocycles. The smallest absolute Gasteiger partial charge is 0.290 e. The Balaban J connectivity index is 1.96. The molecule has 140 valence electrons. The molecule has 1 N–H and O–H groups in total. The van der Waals surface area contributed by atoms with Crippen molar-refractivity contribution in [1.29, 1.82) is 0 Å². The third kappa shape index (κ3) is 4.60. The lowest BCUT2D eigenvalue weighted by molar-refractivity contribution is 0.0938. The van der Waals surface area contributed by atoms with Gasteiger partial charge in [-0.3, -0.25) is 4.79 Å². The zero-order valence-electron chi connectivity index (χ0n) is 15.9. The molecule has 3 aromatic rings. The Hall–Kier alpha value is -2.99. The number of aromatic nitrogens is 3. The van der Waals surface area contributed by atoms with E-state index in [2.05, 4.69) is 15.4 Å². The van der Waals surface area contributed by atoms with E-state index in [4.69, 9.17) is 4.74 Å². The molecule has 0 spiro atoms. The van der Waals surface area contributed by atoms with E-state index < -0.39 is 0 Å². The van der Waals surface area contributed by atoms with E-state index in [1.165, 1.54) is 0 Å². The van der Waals surface area contributed by atoms with E-state index in [0.29, 0.717) is 19.0 Å². The molecule has 2 aromatic carbocycles. The van der Waals surface area contributed by atoms with Gasteiger partial charge in [-0.2, -0.15) is 0 Å². The van der Waals surface area contributed by atoms with Crippen molar-refractivity contribution in [3.63, 3.8) is 0 Å². The van der Waals surface area contributed by atoms with Crippen LogP contribution in [0.25, 0.3) is 17.1 Å². The van der Waals surface area contributed by atoms with Crippen LogP contribution in [0.2, 0.25) is 0 Å². The maximum atomic E-state index is 12.5. The summed E-state index contributed by atoms with van der Waals surface area (Å²) in [6.07, 6.45) is 0.742. The standard InChI is InChI=1S/C21H24N4O2/c1-15-8-10-17(11-9-15)20-23-19(21(26)22-12-5-13-27-3)24-25(20)18-7-4-6-16(2)14-18/h4,6-11,14H,5,12-13H2,1-3H3,(H,22,26). The Kier molecular flexibility index (Phi) is 5.98. The van der Waals surface area contributed by atoms with Crippen molar-refractivity contribution >= 4 is 5.91 Å². The number of carbonyl (C=O) groups excluding carboxylic acids is 1. The van der Waals surface area contributed by atoms with Crippen LogP contribution in [0.3, 0.4) is 0 Å². The molecule has 1 amide bonds. The number of rotatable bonds is 7. The summed E-state index contributed by atoms with van der Waals surface area (Å²) in [5.41, 5.74) is 4.06. The van der Waals surface area contributed by atoms with Crippen LogP contribution in [0.4, 0.5) is 0 Å². The molecule has 27 heavy (non-hydrogen) atoms. The van der Waals surface area contributed by atoms with Gasteiger partial charge in [0.15, 0.2) is 5.82 Å². The summed E-state index contributed by atoms with van der Waals surface area (Å²) >= 11 is 0. The number of methoxy groups -OCH3 is 1. The summed E-state index contributed by atoms with van der Waals surface area (Å²) in [5.74, 6) is 0.512. The summed E-state index contributed by atoms with van der Waals surface area (Å²) < 4.78 is 6.73. The van der Waals surface area contributed by atoms with E-state index in [-0.39, 0.29) is 11.7 Å². The van der Waals surface area contributed by atoms with Crippen molar-refractivity contribution in [2.45, 2.75) is 20.3 Å². The summed E-state index contributed by atoms with van der Waals surface area (Å²) in [6.45, 7) is 5.18. The predicted octanol–water partition coefficient (Wildman–Crippen LogP) is 3.32. The van der Waals surface area contributed by atoms with E-state index in [0.717, 1.165) is 28.8 Å². The number of carbonyl (C=O) groups is 1. The molecular formula is C21H24N4O2. The van der Waals surface area contributed by atoms with Crippen molar-refractivity contribution in [3.8, 4) is 17.1 Å². The van der Waals surface area contributed by atoms with Crippen LogP contribution in [0, 0.1) is 13.8 Å². The summed E-state index contributed by atoms with van der Waals surface area (Å²) in [6, 6.07) is 16.0. The topological polar surface area (TPSA) is 69.0 Å². The minimum atomic E-state index is -0.286. The molecule has 0 unspecified atom stereocenters. The van der Waals surface area contributed by atoms with Gasteiger partial charge in [-0.05, 0) is 38.0 Å². The molecule has 0 aliphatic carbocycles. The van der Waals surface area contributed by atoms with Gasteiger partial charge in [0.05, 0.1) is 5.69 Å². The first-order chi connectivity index (χ1) is 13.1. The van der Waals surface area contributed by atoms with Gasteiger partial charge in [0.25, 0.3) is 5.91 Å². The fourth-order valence-corrected chi connectivity index (χ4v) is 2.73. The normalized spacial score (nSPS) is 10.8. The highest BCUT2D eigenvalue weighted by Gasteiger charge is 2.18. The van der Waals surface area contributed by atoms with Gasteiger partial charge in [0.2, 0.25) is 5.82 Å². The van der Waals surface area contributed by atoms with E-state index >= 15 is 0 Å². The molecule has 6 heteroatoms. The molecule has 6 nitrogen and oxygen atoms in total. The Morgan fingerprint density at radius 2 is 1.89 bits per heavy atom. The quantitative estimate of drug-likeness (QED) is 0.653. The molecule has 1 heterocycles. The Morgan fingerprint density at radius 1 is 1.11 bits per heavy atom. The molecule has 0 aliphatic rings. The van der Waals surface area contributed by atoms with Crippen LogP contribution in [-0.4, -0.2) is 40.9 Å². The number of ether oxygens (including phenoxy) is 1. The van der Waals surface area contributed by atoms with Crippen LogP contribution >= 0.6 is 0 Å². The second-order valence-corrected chi connectivity index (χ2v) is 6.48. The third-order valence-corrected chi connectivity index (χ3v) is 4.18. The van der Waals surface area contributed by atoms with E-state index in [1.807, 2.05) is 62.4 Å². The number of nitrogens with zero attached hydrogens (tertiary/aromatic N) is 3. The molecule has 0 fully saturated rings. The van der Waals surface area contributed by atoms with Crippen molar-refractivity contribution in [2.24, 2.45) is 0 Å². The number of hydrogen-bond donors (Lipinski definition) is 1. The van der Waals surface area contributed by atoms with Gasteiger partial charge in [0.1, 0.15) is 0 Å². The molecular weight excluding hydrogens is 340 g/mol. The first kappa shape index (κ1) is 18.8. The van der Waals surface area contributed by atoms with Gasteiger partial charge in [0, 0.05) is 25.8 Å². The largest absolute Gasteiger partial charge is 0.385 e. The molecule has 0 bridgehead atoms. The summed E-state index contributed by atoms with van der Waals surface area (Å²) in [4.78, 5) is 17.0. The number of aryl methyl sites for hydroxylation is 2. The van der Waals surface area contributed by atoms with Gasteiger partial charge in [-0.1, -0.05) is 42.0 Å². The molecule has 3 rings (SSSR count). The van der Waals surface area contributed by atoms with E-state index in [9.17, 15) is 4.79 Å². The SMILES string of the molecule is COCCCNC(=O)c1nc(-c2ccc(C)cc2)n(-c2cccc(C)c2)n1. The van der Waals surface area contributed by atoms with Crippen molar-refractivity contribution < 1.29 is 9.53 Å². The lowest BCUT2D eigenvalue weighted by Gasteiger charge is -2.07. The summed E-state index contributed by atoms with van der Waals surface area (Å²) in [5, 5.41) is 7.32. The van der Waals surface area contributed by atoms with Gasteiger partial charge in [-0.15, -0.1) is 5.10 Å². The predicted molar refractivity (Wildman–Crippen MR) is 105 cm³/mol. The van der Waals surface area contributed by atoms with Gasteiger partial charge >= 0.3 is 0 Å². The molecule has 0 saturated carbocycles. The number of benzene rings is 2. The lowest BCUT2D eigenvalue weighted by atomic mass is 10.1. The highest BCUT2D eigenvalue weighted by molar-refractivity contribution is 5.91. The highest BCUT2D eigenvalue weighted by Crippen LogP contribution is 2.22. The molecule has 0 radical (unpaired) electrons. The van der Waals surface area contributed by atoms with Gasteiger partial charge in [-0.25, -0.2) is 9.67 Å². The molecule has 1 aromatic heterocycles. The maximum absolute atomic E-state index is 12.5. The number of nitrogens with one attached hydrogen (secondary N) is 1. The average Bonchev–Trinajstić information content (AvgIpc) is 3.11. The number of hydrogen-bond acceptors (Lipinski definition) is 4. The second-order valence-electron chi connectivity index (χ2n) is 6.48. The van der Waals surface area contributed by atoms with Crippen molar-refractivity contribution in [1.82, 2.24) is 20.1 Å². The van der Waals surface area contributed by atoms with Gasteiger partial charge < -0.3 is 10.1 Å². The zero-order valence-corrected chi connectivity index (χ0v) is 15.9. The third-order valence-electron chi connectivity index (χ3n) is 4.18. The van der Waals surface area contributed by atoms with Crippen LogP contribution in [0.5, 0.6) is 0 Å². The monoisotopic (exact) mass is 364 g/mol.